The Balaban J connectivity index is 1.04. The van der Waals surface area contributed by atoms with E-state index in [1.54, 1.807) is 11.8 Å². The van der Waals surface area contributed by atoms with Gasteiger partial charge in [-0.05, 0) is 85.7 Å². The minimum absolute atomic E-state index is 0.300. The number of hydrogen-bond acceptors (Lipinski definition) is 10. The fourth-order valence-corrected chi connectivity index (χ4v) is 6.61. The molecule has 2 amide bonds. The Hall–Kier alpha value is -2.94. The van der Waals surface area contributed by atoms with Crippen molar-refractivity contribution in [2.45, 2.75) is 92.6 Å². The lowest BCUT2D eigenvalue weighted by Crippen LogP contribution is -2.50. The number of carbonyl (C=O) groups is 1. The number of aromatic nitrogens is 1. The molecule has 2 aromatic carbocycles. The molecule has 13 heteroatoms. The summed E-state index contributed by atoms with van der Waals surface area (Å²) in [5.74, 6) is 1.79. The molecule has 0 radical (unpaired) electrons. The number of aliphatic hydroxyl groups excluding tert-OH is 5. The average Bonchev–Trinajstić information content (AvgIpc) is 4.07. The van der Waals surface area contributed by atoms with Crippen molar-refractivity contribution < 1.29 is 39.8 Å². The van der Waals surface area contributed by atoms with E-state index in [1.165, 1.54) is 0 Å². The van der Waals surface area contributed by atoms with Crippen molar-refractivity contribution in [2.75, 3.05) is 25.4 Å². The molecule has 3 aromatic rings. The Labute approximate surface area is 296 Å². The van der Waals surface area contributed by atoms with Gasteiger partial charge < -0.3 is 45.6 Å². The zero-order valence-corrected chi connectivity index (χ0v) is 28.9. The number of hydrogen-bond donors (Lipinski definition) is 7. The molecule has 2 aliphatic carbocycles. The number of ether oxygens (including phenoxy) is 2. The first kappa shape index (κ1) is 37.3. The van der Waals surface area contributed by atoms with Gasteiger partial charge in [-0.2, -0.15) is 0 Å². The maximum Gasteiger partial charge on any atom is 0.314 e. The van der Waals surface area contributed by atoms with Gasteiger partial charge in [0, 0.05) is 46.5 Å². The first-order valence-corrected chi connectivity index (χ1v) is 18.2. The quantitative estimate of drug-likeness (QED) is 0.0666. The van der Waals surface area contributed by atoms with E-state index in [0.717, 1.165) is 83.6 Å². The fourth-order valence-electron chi connectivity index (χ4n) is 5.46. The Kier molecular flexibility index (Phi) is 13.6. The molecule has 7 N–H and O–H groups in total. The van der Waals surface area contributed by atoms with E-state index < -0.39 is 42.7 Å². The van der Waals surface area contributed by atoms with Crippen LogP contribution < -0.4 is 15.4 Å². The molecule has 0 unspecified atom stereocenters. The number of thioether (sulfide) groups is 1. The molecule has 49 heavy (non-hydrogen) atoms. The summed E-state index contributed by atoms with van der Waals surface area (Å²) in [6, 6.07) is 15.7. The number of carbonyl (C=O) groups excluding carboxylic acids is 1. The second-order valence-corrected chi connectivity index (χ2v) is 14.2. The summed E-state index contributed by atoms with van der Waals surface area (Å²) in [4.78, 5) is 17.6. The summed E-state index contributed by atoms with van der Waals surface area (Å²) in [6.45, 7) is -0.280. The molecule has 2 aliphatic rings. The lowest BCUT2D eigenvalue weighted by Gasteiger charge is -2.25. The number of nitrogens with zero attached hydrogens (tertiary/aromatic N) is 1. The summed E-state index contributed by atoms with van der Waals surface area (Å²) in [7, 11) is 0. The van der Waals surface area contributed by atoms with E-state index in [1.807, 2.05) is 48.8 Å². The molecule has 0 spiro atoms. The SMILES string of the molecule is O=C(NCCCCCSc1ccc(Cl)c(COC2(c3cnccc3-c3ccccc3OC3CC3)CC2)c1)NC[C@H](O)[C@@H](O)[C@H](O)[C@H](O)CO. The van der Waals surface area contributed by atoms with Gasteiger partial charge >= 0.3 is 6.03 Å². The molecule has 0 bridgehead atoms. The summed E-state index contributed by atoms with van der Waals surface area (Å²) < 4.78 is 12.9. The number of rotatable bonds is 20. The summed E-state index contributed by atoms with van der Waals surface area (Å²) in [5, 5.41) is 53.4. The van der Waals surface area contributed by atoms with Crippen molar-refractivity contribution in [3.63, 3.8) is 0 Å². The van der Waals surface area contributed by atoms with E-state index in [9.17, 15) is 25.2 Å². The highest BCUT2D eigenvalue weighted by atomic mass is 35.5. The number of urea groups is 1. The van der Waals surface area contributed by atoms with Gasteiger partial charge in [-0.3, -0.25) is 4.98 Å². The van der Waals surface area contributed by atoms with Crippen molar-refractivity contribution in [1.29, 1.82) is 0 Å². The molecule has 0 saturated heterocycles. The monoisotopic (exact) mass is 715 g/mol. The van der Waals surface area contributed by atoms with Gasteiger partial charge in [0.2, 0.25) is 0 Å². The predicted molar refractivity (Wildman–Crippen MR) is 188 cm³/mol. The Morgan fingerprint density at radius 3 is 2.51 bits per heavy atom. The third-order valence-corrected chi connectivity index (χ3v) is 10.2. The summed E-state index contributed by atoms with van der Waals surface area (Å²) in [5.41, 5.74) is 3.74. The first-order valence-electron chi connectivity index (χ1n) is 16.8. The average molecular weight is 716 g/mol. The van der Waals surface area contributed by atoms with Crippen LogP contribution in [0.4, 0.5) is 4.79 Å². The number of aliphatic hydroxyl groups is 5. The van der Waals surface area contributed by atoms with E-state index >= 15 is 0 Å². The van der Waals surface area contributed by atoms with Crippen molar-refractivity contribution in [3.8, 4) is 16.9 Å². The van der Waals surface area contributed by atoms with Crippen molar-refractivity contribution in [3.05, 3.63) is 77.1 Å². The number of amides is 2. The third kappa shape index (κ3) is 10.5. The van der Waals surface area contributed by atoms with Crippen LogP contribution in [0.3, 0.4) is 0 Å². The van der Waals surface area contributed by atoms with Gasteiger partial charge in [-0.15, -0.1) is 11.8 Å². The van der Waals surface area contributed by atoms with Gasteiger partial charge in [0.15, 0.2) is 0 Å². The number of benzene rings is 2. The number of pyridine rings is 1. The second kappa shape index (κ2) is 17.8. The summed E-state index contributed by atoms with van der Waals surface area (Å²) >= 11 is 8.35. The van der Waals surface area contributed by atoms with Gasteiger partial charge in [-0.1, -0.05) is 36.2 Å². The lowest BCUT2D eigenvalue weighted by molar-refractivity contribution is -0.113. The van der Waals surface area contributed by atoms with Crippen molar-refractivity contribution >= 4 is 29.4 Å². The molecule has 2 saturated carbocycles. The Morgan fingerprint density at radius 2 is 1.76 bits per heavy atom. The zero-order chi connectivity index (χ0) is 34.8. The first-order chi connectivity index (χ1) is 23.7. The zero-order valence-electron chi connectivity index (χ0n) is 27.3. The van der Waals surface area contributed by atoms with Crippen LogP contribution in [0, 0.1) is 0 Å². The Morgan fingerprint density at radius 1 is 0.980 bits per heavy atom. The molecule has 266 valence electrons. The molecule has 1 heterocycles. The highest BCUT2D eigenvalue weighted by Gasteiger charge is 2.48. The van der Waals surface area contributed by atoms with Gasteiger partial charge in [0.25, 0.3) is 0 Å². The highest BCUT2D eigenvalue weighted by molar-refractivity contribution is 7.99. The third-order valence-electron chi connectivity index (χ3n) is 8.71. The smallest absolute Gasteiger partial charge is 0.314 e. The predicted octanol–water partition coefficient (Wildman–Crippen LogP) is 4.15. The fraction of sp³-hybridized carbons (Fsp3) is 0.500. The van der Waals surface area contributed by atoms with Crippen LogP contribution in [0.25, 0.3) is 11.1 Å². The molecule has 0 aliphatic heterocycles. The minimum Gasteiger partial charge on any atom is -0.490 e. The molecule has 2 fully saturated rings. The normalized spacial score (nSPS) is 17.5. The largest absolute Gasteiger partial charge is 0.490 e. The van der Waals surface area contributed by atoms with E-state index in [-0.39, 0.29) is 6.54 Å². The maximum atomic E-state index is 12.0. The van der Waals surface area contributed by atoms with Crippen LogP contribution in [0.15, 0.2) is 65.8 Å². The number of para-hydroxylation sites is 1. The number of halogens is 1. The van der Waals surface area contributed by atoms with Crippen LogP contribution in [0.2, 0.25) is 5.02 Å². The molecular formula is C36H46ClN3O8S. The lowest BCUT2D eigenvalue weighted by atomic mass is 9.96. The Bertz CT molecular complexity index is 1530. The van der Waals surface area contributed by atoms with Crippen LogP contribution in [-0.2, 0) is 16.9 Å². The second-order valence-electron chi connectivity index (χ2n) is 12.6. The van der Waals surface area contributed by atoms with Crippen molar-refractivity contribution in [1.82, 2.24) is 15.6 Å². The molecule has 11 nitrogen and oxygen atoms in total. The topological polar surface area (TPSA) is 174 Å². The molecule has 4 atom stereocenters. The maximum absolute atomic E-state index is 12.0. The highest BCUT2D eigenvalue weighted by Crippen LogP contribution is 2.53. The standard InChI is InChI=1S/C36H46ClN3O8S/c37-29-11-10-25(49-17-5-1-4-15-39-35(46)40-20-30(42)33(44)34(45)31(43)21-41)18-23(29)22-47-36(13-14-36)28-19-38-16-12-26(28)27-6-2-3-7-32(27)48-24-8-9-24/h2-3,6-7,10-12,16,18-19,24,30-31,33-34,41-45H,1,4-5,8-9,13-15,17,20-22H2,(H2,39,40,46)/t30-,31+,33+,34+/m0/s1. The van der Waals surface area contributed by atoms with Gasteiger partial charge in [-0.25, -0.2) is 4.79 Å². The van der Waals surface area contributed by atoms with E-state index in [0.29, 0.717) is 24.3 Å². The van der Waals surface area contributed by atoms with Gasteiger partial charge in [0.05, 0.1) is 31.0 Å². The van der Waals surface area contributed by atoms with Crippen LogP contribution in [0.1, 0.15) is 56.1 Å². The van der Waals surface area contributed by atoms with Crippen LogP contribution in [-0.4, -0.2) is 92.5 Å². The summed E-state index contributed by atoms with van der Waals surface area (Å²) in [6.07, 6.45) is 4.07. The molecular weight excluding hydrogens is 670 g/mol. The van der Waals surface area contributed by atoms with E-state index in [4.69, 9.17) is 26.2 Å². The number of nitrogens with one attached hydrogen (secondary N) is 2. The molecule has 1 aromatic heterocycles. The van der Waals surface area contributed by atoms with Gasteiger partial charge in [0.1, 0.15) is 24.1 Å². The van der Waals surface area contributed by atoms with E-state index in [2.05, 4.69) is 27.8 Å². The minimum atomic E-state index is -1.74. The number of unbranched alkanes of at least 4 members (excludes halogenated alkanes) is 2. The van der Waals surface area contributed by atoms with Crippen molar-refractivity contribution in [2.24, 2.45) is 0 Å². The van der Waals surface area contributed by atoms with Crippen LogP contribution >= 0.6 is 23.4 Å². The molecule has 5 rings (SSSR count). The van der Waals surface area contributed by atoms with Crippen LogP contribution in [0.5, 0.6) is 5.75 Å².